The summed E-state index contributed by atoms with van der Waals surface area (Å²) in [7, 11) is 0. The van der Waals surface area contributed by atoms with Crippen LogP contribution < -0.4 is 5.73 Å². The van der Waals surface area contributed by atoms with E-state index in [0.29, 0.717) is 6.54 Å². The van der Waals surface area contributed by atoms with Gasteiger partial charge in [0, 0.05) is 12.0 Å². The van der Waals surface area contributed by atoms with Crippen molar-refractivity contribution in [2.24, 2.45) is 5.73 Å². The van der Waals surface area contributed by atoms with Gasteiger partial charge in [-0.2, -0.15) is 11.3 Å². The van der Waals surface area contributed by atoms with Crippen LogP contribution in [0.2, 0.25) is 0 Å². The van der Waals surface area contributed by atoms with Crippen LogP contribution in [0.15, 0.2) is 41.1 Å². The fraction of sp³-hybridized carbons (Fsp3) is 0.333. The van der Waals surface area contributed by atoms with Crippen LogP contribution in [0.1, 0.15) is 16.7 Å². The normalized spacial score (nSPS) is 14.4. The second-order valence-electron chi connectivity index (χ2n) is 4.82. The van der Waals surface area contributed by atoms with Crippen molar-refractivity contribution < 1.29 is 5.11 Å². The molecule has 3 N–H and O–H groups in total. The molecule has 3 heteroatoms. The molecule has 2 aromatic rings. The van der Waals surface area contributed by atoms with Crippen LogP contribution in [0.25, 0.3) is 0 Å². The van der Waals surface area contributed by atoms with Crippen molar-refractivity contribution in [3.05, 3.63) is 57.8 Å². The second-order valence-corrected chi connectivity index (χ2v) is 5.60. The minimum Gasteiger partial charge on any atom is -0.395 e. The number of nitrogens with two attached hydrogens (primary N) is 1. The fourth-order valence-electron chi connectivity index (χ4n) is 2.19. The predicted molar refractivity (Wildman–Crippen MR) is 77.0 cm³/mol. The molecule has 96 valence electrons. The summed E-state index contributed by atoms with van der Waals surface area (Å²) in [5, 5.41) is 14.0. The largest absolute Gasteiger partial charge is 0.395 e. The Morgan fingerprint density at radius 1 is 1.22 bits per heavy atom. The Labute approximate surface area is 112 Å². The van der Waals surface area contributed by atoms with E-state index in [1.165, 1.54) is 11.1 Å². The van der Waals surface area contributed by atoms with Gasteiger partial charge in [-0.1, -0.05) is 29.8 Å². The summed E-state index contributed by atoms with van der Waals surface area (Å²) in [6, 6.07) is 10.4. The van der Waals surface area contributed by atoms with Crippen LogP contribution in [0.5, 0.6) is 0 Å². The molecule has 2 rings (SSSR count). The fourth-order valence-corrected chi connectivity index (χ4v) is 2.86. The Balaban J connectivity index is 2.33. The lowest BCUT2D eigenvalue weighted by Gasteiger charge is -2.31. The number of aryl methyl sites for hydroxylation is 1. The van der Waals surface area contributed by atoms with Crippen molar-refractivity contribution in [2.45, 2.75) is 18.8 Å². The van der Waals surface area contributed by atoms with Crippen LogP contribution in [0.3, 0.4) is 0 Å². The summed E-state index contributed by atoms with van der Waals surface area (Å²) >= 11 is 1.68. The molecule has 2 nitrogen and oxygen atoms in total. The molecule has 0 saturated heterocycles. The van der Waals surface area contributed by atoms with Gasteiger partial charge in [0.2, 0.25) is 0 Å². The van der Waals surface area contributed by atoms with Gasteiger partial charge in [0.25, 0.3) is 0 Å². The molecule has 0 fully saturated rings. The highest BCUT2D eigenvalue weighted by molar-refractivity contribution is 7.07. The van der Waals surface area contributed by atoms with E-state index in [4.69, 9.17) is 5.73 Å². The molecule has 0 saturated carbocycles. The van der Waals surface area contributed by atoms with Crippen LogP contribution in [0.4, 0.5) is 0 Å². The zero-order valence-corrected chi connectivity index (χ0v) is 11.4. The molecule has 0 radical (unpaired) electrons. The number of rotatable bonds is 5. The lowest BCUT2D eigenvalue weighted by atomic mass is 9.76. The third-order valence-electron chi connectivity index (χ3n) is 3.48. The molecule has 1 unspecified atom stereocenters. The van der Waals surface area contributed by atoms with E-state index in [1.807, 2.05) is 0 Å². The number of thiophene rings is 1. The van der Waals surface area contributed by atoms with E-state index in [1.54, 1.807) is 11.3 Å². The highest BCUT2D eigenvalue weighted by Crippen LogP contribution is 2.28. The van der Waals surface area contributed by atoms with Gasteiger partial charge < -0.3 is 10.8 Å². The van der Waals surface area contributed by atoms with Crippen LogP contribution >= 0.6 is 11.3 Å². The van der Waals surface area contributed by atoms with Gasteiger partial charge in [0.1, 0.15) is 0 Å². The molecular formula is C15H19NOS. The van der Waals surface area contributed by atoms with Crippen LogP contribution in [0, 0.1) is 6.92 Å². The van der Waals surface area contributed by atoms with Crippen molar-refractivity contribution in [1.29, 1.82) is 0 Å². The topological polar surface area (TPSA) is 46.2 Å². The molecule has 1 heterocycles. The van der Waals surface area contributed by atoms with Gasteiger partial charge in [0.15, 0.2) is 0 Å². The molecule has 0 aliphatic carbocycles. The maximum Gasteiger partial charge on any atom is 0.0543 e. The summed E-state index contributed by atoms with van der Waals surface area (Å²) in [6.45, 7) is 2.58. The predicted octanol–water partition coefficient (Wildman–Crippen LogP) is 2.49. The van der Waals surface area contributed by atoms with Crippen LogP contribution in [-0.4, -0.2) is 18.3 Å². The second kappa shape index (κ2) is 5.65. The molecule has 0 spiro atoms. The molecule has 1 aromatic heterocycles. The average molecular weight is 261 g/mol. The molecule has 0 aliphatic rings. The molecule has 1 atom stereocenters. The molecule has 0 amide bonds. The Bertz CT molecular complexity index is 472. The molecule has 1 aromatic carbocycles. The Kier molecular flexibility index (Phi) is 4.17. The third kappa shape index (κ3) is 2.64. The van der Waals surface area contributed by atoms with E-state index in [0.717, 1.165) is 12.0 Å². The summed E-state index contributed by atoms with van der Waals surface area (Å²) < 4.78 is 0. The summed E-state index contributed by atoms with van der Waals surface area (Å²) in [4.78, 5) is 0. The Morgan fingerprint density at radius 2 is 1.94 bits per heavy atom. The number of aliphatic hydroxyl groups excluding tert-OH is 1. The first kappa shape index (κ1) is 13.3. The molecular weight excluding hydrogens is 242 g/mol. The lowest BCUT2D eigenvalue weighted by molar-refractivity contribution is 0.196. The smallest absolute Gasteiger partial charge is 0.0543 e. The van der Waals surface area contributed by atoms with Crippen molar-refractivity contribution in [3.63, 3.8) is 0 Å². The van der Waals surface area contributed by atoms with E-state index in [9.17, 15) is 5.11 Å². The number of aliphatic hydroxyl groups is 1. The average Bonchev–Trinajstić information content (AvgIpc) is 2.90. The minimum atomic E-state index is -0.366. The van der Waals surface area contributed by atoms with E-state index >= 15 is 0 Å². The maximum atomic E-state index is 9.82. The van der Waals surface area contributed by atoms with Crippen molar-refractivity contribution in [1.82, 2.24) is 0 Å². The van der Waals surface area contributed by atoms with Gasteiger partial charge in [-0.15, -0.1) is 0 Å². The van der Waals surface area contributed by atoms with Crippen molar-refractivity contribution in [2.75, 3.05) is 13.2 Å². The minimum absolute atomic E-state index is 0.0718. The lowest BCUT2D eigenvalue weighted by Crippen LogP contribution is -2.40. The quantitative estimate of drug-likeness (QED) is 0.868. The van der Waals surface area contributed by atoms with Gasteiger partial charge in [-0.25, -0.2) is 0 Å². The first-order valence-electron chi connectivity index (χ1n) is 6.09. The standard InChI is InChI=1S/C15H19NOS/c1-12-2-4-14(5-3-12)15(10-16,11-17)8-13-6-7-18-9-13/h2-7,9,17H,8,10-11,16H2,1H3. The molecule has 18 heavy (non-hydrogen) atoms. The van der Waals surface area contributed by atoms with E-state index in [-0.39, 0.29) is 12.0 Å². The summed E-state index contributed by atoms with van der Waals surface area (Å²) in [6.07, 6.45) is 0.784. The van der Waals surface area contributed by atoms with Gasteiger partial charge in [-0.05, 0) is 41.3 Å². The van der Waals surface area contributed by atoms with Crippen molar-refractivity contribution >= 4 is 11.3 Å². The summed E-state index contributed by atoms with van der Waals surface area (Å²) in [5.41, 5.74) is 9.15. The number of benzene rings is 1. The number of hydrogen-bond donors (Lipinski definition) is 2. The maximum absolute atomic E-state index is 9.82. The third-order valence-corrected chi connectivity index (χ3v) is 4.21. The first-order chi connectivity index (χ1) is 8.70. The first-order valence-corrected chi connectivity index (χ1v) is 7.03. The van der Waals surface area contributed by atoms with Gasteiger partial charge >= 0.3 is 0 Å². The summed E-state index contributed by atoms with van der Waals surface area (Å²) in [5.74, 6) is 0. The van der Waals surface area contributed by atoms with Gasteiger partial charge in [-0.3, -0.25) is 0 Å². The zero-order chi connectivity index (χ0) is 13.0. The molecule has 0 aliphatic heterocycles. The highest BCUT2D eigenvalue weighted by Gasteiger charge is 2.30. The Hall–Kier alpha value is -1.16. The van der Waals surface area contributed by atoms with E-state index < -0.39 is 0 Å². The Morgan fingerprint density at radius 3 is 2.44 bits per heavy atom. The zero-order valence-electron chi connectivity index (χ0n) is 10.6. The van der Waals surface area contributed by atoms with Gasteiger partial charge in [0.05, 0.1) is 6.61 Å². The van der Waals surface area contributed by atoms with Crippen LogP contribution in [-0.2, 0) is 11.8 Å². The highest BCUT2D eigenvalue weighted by atomic mass is 32.1. The van der Waals surface area contributed by atoms with E-state index in [2.05, 4.69) is 48.0 Å². The van der Waals surface area contributed by atoms with Crippen molar-refractivity contribution in [3.8, 4) is 0 Å². The monoisotopic (exact) mass is 261 g/mol. The molecule has 0 bridgehead atoms. The number of hydrogen-bond acceptors (Lipinski definition) is 3. The SMILES string of the molecule is Cc1ccc(C(CN)(CO)Cc2ccsc2)cc1.